The van der Waals surface area contributed by atoms with E-state index in [4.69, 9.17) is 9.72 Å². The molecule has 0 aliphatic heterocycles. The number of ether oxygens (including phenoxy) is 1. The maximum absolute atomic E-state index is 5.81. The van der Waals surface area contributed by atoms with Crippen LogP contribution in [-0.4, -0.2) is 18.1 Å². The van der Waals surface area contributed by atoms with Crippen LogP contribution in [0.3, 0.4) is 0 Å². The predicted octanol–water partition coefficient (Wildman–Crippen LogP) is 4.97. The Hall–Kier alpha value is -2.07. The first-order chi connectivity index (χ1) is 11.2. The van der Waals surface area contributed by atoms with Crippen molar-refractivity contribution in [2.75, 3.05) is 18.5 Å². The number of hydrogen-bond donors (Lipinski definition) is 1. The third-order valence-corrected chi connectivity index (χ3v) is 4.96. The van der Waals surface area contributed by atoms with E-state index >= 15 is 0 Å². The summed E-state index contributed by atoms with van der Waals surface area (Å²) in [7, 11) is 0. The molecule has 1 aromatic heterocycles. The van der Waals surface area contributed by atoms with Crippen molar-refractivity contribution in [2.45, 2.75) is 27.2 Å². The number of aromatic nitrogens is 1. The smallest absolute Gasteiger partial charge is 0.183 e. The zero-order chi connectivity index (χ0) is 16.2. The van der Waals surface area contributed by atoms with E-state index in [2.05, 4.69) is 49.5 Å². The van der Waals surface area contributed by atoms with E-state index in [9.17, 15) is 0 Å². The Bertz CT molecular complexity index is 796. The Morgan fingerprint density at radius 2 is 1.91 bits per heavy atom. The van der Waals surface area contributed by atoms with Crippen LogP contribution < -0.4 is 10.1 Å². The molecule has 3 aromatic rings. The van der Waals surface area contributed by atoms with Gasteiger partial charge in [0.15, 0.2) is 5.13 Å². The number of anilines is 1. The highest BCUT2D eigenvalue weighted by molar-refractivity contribution is 7.22. The quantitative estimate of drug-likeness (QED) is 0.694. The van der Waals surface area contributed by atoms with E-state index in [0.717, 1.165) is 34.9 Å². The zero-order valence-corrected chi connectivity index (χ0v) is 14.7. The van der Waals surface area contributed by atoms with Gasteiger partial charge in [-0.15, -0.1) is 0 Å². The van der Waals surface area contributed by atoms with Crippen LogP contribution in [0.15, 0.2) is 36.4 Å². The summed E-state index contributed by atoms with van der Waals surface area (Å²) < 4.78 is 7.02. The molecule has 0 saturated carbocycles. The van der Waals surface area contributed by atoms with E-state index in [1.54, 1.807) is 11.3 Å². The van der Waals surface area contributed by atoms with Gasteiger partial charge < -0.3 is 10.1 Å². The van der Waals surface area contributed by atoms with Crippen molar-refractivity contribution < 1.29 is 4.74 Å². The van der Waals surface area contributed by atoms with Gasteiger partial charge in [-0.05, 0) is 43.9 Å². The normalized spacial score (nSPS) is 10.9. The molecule has 0 fully saturated rings. The van der Waals surface area contributed by atoms with Crippen LogP contribution in [-0.2, 0) is 6.42 Å². The van der Waals surface area contributed by atoms with Gasteiger partial charge in [-0.3, -0.25) is 0 Å². The minimum absolute atomic E-state index is 0.660. The zero-order valence-electron chi connectivity index (χ0n) is 13.8. The lowest BCUT2D eigenvalue weighted by Crippen LogP contribution is -2.04. The Morgan fingerprint density at radius 1 is 1.13 bits per heavy atom. The maximum Gasteiger partial charge on any atom is 0.183 e. The van der Waals surface area contributed by atoms with Crippen molar-refractivity contribution in [1.29, 1.82) is 0 Å². The lowest BCUT2D eigenvalue weighted by Gasteiger charge is -2.08. The van der Waals surface area contributed by atoms with E-state index in [0.29, 0.717) is 6.61 Å². The first kappa shape index (κ1) is 15.8. The summed E-state index contributed by atoms with van der Waals surface area (Å²) in [5.41, 5.74) is 4.73. The highest BCUT2D eigenvalue weighted by Crippen LogP contribution is 2.37. The van der Waals surface area contributed by atoms with Gasteiger partial charge in [0.25, 0.3) is 0 Å². The van der Waals surface area contributed by atoms with E-state index in [1.807, 2.05) is 13.0 Å². The van der Waals surface area contributed by atoms with Crippen molar-refractivity contribution >= 4 is 26.7 Å². The second-order valence-corrected chi connectivity index (χ2v) is 6.63. The van der Waals surface area contributed by atoms with Gasteiger partial charge in [0.05, 0.1) is 11.3 Å². The number of nitrogens with zero attached hydrogens (tertiary/aromatic N) is 1. The lowest BCUT2D eigenvalue weighted by atomic mass is 10.1. The largest absolute Gasteiger partial charge is 0.491 e. The standard InChI is InChI=1S/C19H22N2OS/c1-4-22-17-13(2)12-14(3)18-16(17)21-19(23-18)20-11-10-15-8-6-5-7-9-15/h5-9,12H,4,10-11H2,1-3H3,(H,20,21). The number of fused-ring (bicyclic) bond motifs is 1. The summed E-state index contributed by atoms with van der Waals surface area (Å²) in [4.78, 5) is 4.77. The van der Waals surface area contributed by atoms with Gasteiger partial charge in [-0.2, -0.15) is 0 Å². The minimum Gasteiger partial charge on any atom is -0.491 e. The second kappa shape index (κ2) is 7.01. The van der Waals surface area contributed by atoms with Crippen LogP contribution in [0.5, 0.6) is 5.75 Å². The molecule has 0 saturated heterocycles. The summed E-state index contributed by atoms with van der Waals surface area (Å²) in [5, 5.41) is 4.41. The average molecular weight is 326 g/mol. The Morgan fingerprint density at radius 3 is 2.65 bits per heavy atom. The number of hydrogen-bond acceptors (Lipinski definition) is 4. The van der Waals surface area contributed by atoms with Crippen molar-refractivity contribution in [2.24, 2.45) is 0 Å². The molecule has 0 aliphatic carbocycles. The highest BCUT2D eigenvalue weighted by atomic mass is 32.1. The van der Waals surface area contributed by atoms with Gasteiger partial charge in [0, 0.05) is 6.54 Å². The van der Waals surface area contributed by atoms with Crippen LogP contribution >= 0.6 is 11.3 Å². The molecule has 3 rings (SSSR count). The number of thiazole rings is 1. The van der Waals surface area contributed by atoms with Crippen LogP contribution in [0.1, 0.15) is 23.6 Å². The molecule has 1 heterocycles. The van der Waals surface area contributed by atoms with E-state index < -0.39 is 0 Å². The molecule has 0 radical (unpaired) electrons. The molecule has 120 valence electrons. The lowest BCUT2D eigenvalue weighted by molar-refractivity contribution is 0.341. The molecule has 3 nitrogen and oxygen atoms in total. The number of aryl methyl sites for hydroxylation is 2. The molecular weight excluding hydrogens is 304 g/mol. The Labute approximate surface area is 141 Å². The van der Waals surface area contributed by atoms with Gasteiger partial charge in [0.2, 0.25) is 0 Å². The molecule has 0 bridgehead atoms. The highest BCUT2D eigenvalue weighted by Gasteiger charge is 2.14. The average Bonchev–Trinajstić information content (AvgIpc) is 2.97. The summed E-state index contributed by atoms with van der Waals surface area (Å²) in [6.45, 7) is 7.77. The summed E-state index contributed by atoms with van der Waals surface area (Å²) >= 11 is 1.71. The molecule has 23 heavy (non-hydrogen) atoms. The SMILES string of the molecule is CCOc1c(C)cc(C)c2sc(NCCc3ccccc3)nc12. The van der Waals surface area contributed by atoms with Crippen LogP contribution in [0.2, 0.25) is 0 Å². The summed E-state index contributed by atoms with van der Waals surface area (Å²) in [6, 6.07) is 12.7. The fourth-order valence-corrected chi connectivity index (χ4v) is 3.70. The molecule has 0 spiro atoms. The predicted molar refractivity (Wildman–Crippen MR) is 98.9 cm³/mol. The second-order valence-electron chi connectivity index (χ2n) is 5.63. The van der Waals surface area contributed by atoms with Gasteiger partial charge in [-0.1, -0.05) is 47.7 Å². The molecule has 0 unspecified atom stereocenters. The fourth-order valence-electron chi connectivity index (χ4n) is 2.74. The van der Waals surface area contributed by atoms with Crippen molar-refractivity contribution in [3.8, 4) is 5.75 Å². The maximum atomic E-state index is 5.81. The van der Waals surface area contributed by atoms with Gasteiger partial charge in [-0.25, -0.2) is 4.98 Å². The molecular formula is C19H22N2OS. The molecule has 0 amide bonds. The minimum atomic E-state index is 0.660. The summed E-state index contributed by atoms with van der Waals surface area (Å²) in [6.07, 6.45) is 0.993. The monoisotopic (exact) mass is 326 g/mol. The van der Waals surface area contributed by atoms with Crippen molar-refractivity contribution in [1.82, 2.24) is 4.98 Å². The molecule has 0 aliphatic rings. The molecule has 4 heteroatoms. The van der Waals surface area contributed by atoms with E-state index in [-0.39, 0.29) is 0 Å². The first-order valence-corrected chi connectivity index (χ1v) is 8.82. The van der Waals surface area contributed by atoms with Crippen LogP contribution in [0, 0.1) is 13.8 Å². The topological polar surface area (TPSA) is 34.1 Å². The van der Waals surface area contributed by atoms with Crippen molar-refractivity contribution in [3.63, 3.8) is 0 Å². The molecule has 1 N–H and O–H groups in total. The fraction of sp³-hybridized carbons (Fsp3) is 0.316. The molecule has 0 atom stereocenters. The third kappa shape index (κ3) is 3.48. The van der Waals surface area contributed by atoms with Gasteiger partial charge in [0.1, 0.15) is 11.3 Å². The molecule has 2 aromatic carbocycles. The number of benzene rings is 2. The van der Waals surface area contributed by atoms with Crippen LogP contribution in [0.25, 0.3) is 10.2 Å². The Kier molecular flexibility index (Phi) is 4.82. The number of nitrogens with one attached hydrogen (secondary N) is 1. The first-order valence-electron chi connectivity index (χ1n) is 8.00. The van der Waals surface area contributed by atoms with Gasteiger partial charge >= 0.3 is 0 Å². The Balaban J connectivity index is 1.79. The van der Waals surface area contributed by atoms with Crippen molar-refractivity contribution in [3.05, 3.63) is 53.1 Å². The van der Waals surface area contributed by atoms with E-state index in [1.165, 1.54) is 15.8 Å². The summed E-state index contributed by atoms with van der Waals surface area (Å²) in [5.74, 6) is 0.917. The van der Waals surface area contributed by atoms with Crippen LogP contribution in [0.4, 0.5) is 5.13 Å². The third-order valence-electron chi connectivity index (χ3n) is 3.81. The number of rotatable bonds is 6.